The van der Waals surface area contributed by atoms with Crippen molar-refractivity contribution in [3.05, 3.63) is 60.7 Å². The zero-order chi connectivity index (χ0) is 15.6. The molecule has 1 N–H and O–H groups in total. The van der Waals surface area contributed by atoms with Gasteiger partial charge in [0, 0.05) is 9.64 Å². The summed E-state index contributed by atoms with van der Waals surface area (Å²) in [7, 11) is 0. The quantitative estimate of drug-likeness (QED) is 0.452. The first kappa shape index (κ1) is 15.5. The maximum absolute atomic E-state index is 11.0. The molecule has 0 atom stereocenters. The van der Waals surface area contributed by atoms with E-state index in [0.717, 1.165) is 0 Å². The Morgan fingerprint density at radius 1 is 1.29 bits per heavy atom. The largest absolute Gasteiger partial charge is 0.478 e. The van der Waals surface area contributed by atoms with Crippen LogP contribution in [0.3, 0.4) is 0 Å². The van der Waals surface area contributed by atoms with E-state index in [9.17, 15) is 14.9 Å². The van der Waals surface area contributed by atoms with Gasteiger partial charge in [0.25, 0.3) is 0 Å². The lowest BCUT2D eigenvalue weighted by Crippen LogP contribution is -1.99. The standard InChI is InChI=1S/C13H7ClINO5/c14-10-3-2-8(6-9(10)13(17)18)21-12-4-1-7(15)5-11(12)16(19)20/h1-6H,(H,17,18). The van der Waals surface area contributed by atoms with Gasteiger partial charge in [-0.05, 0) is 52.9 Å². The summed E-state index contributed by atoms with van der Waals surface area (Å²) in [5.41, 5.74) is -0.337. The van der Waals surface area contributed by atoms with Gasteiger partial charge < -0.3 is 9.84 Å². The number of halogens is 2. The Kier molecular flexibility index (Phi) is 4.63. The molecule has 0 radical (unpaired) electrons. The molecule has 2 aromatic carbocycles. The molecule has 0 saturated heterocycles. The normalized spacial score (nSPS) is 10.2. The van der Waals surface area contributed by atoms with E-state index in [4.69, 9.17) is 21.4 Å². The van der Waals surface area contributed by atoms with Crippen molar-refractivity contribution in [3.8, 4) is 11.5 Å². The summed E-state index contributed by atoms with van der Waals surface area (Å²) in [4.78, 5) is 21.4. The number of nitrogens with zero attached hydrogens (tertiary/aromatic N) is 1. The van der Waals surface area contributed by atoms with Gasteiger partial charge in [-0.2, -0.15) is 0 Å². The summed E-state index contributed by atoms with van der Waals surface area (Å²) in [5, 5.41) is 20.0. The van der Waals surface area contributed by atoms with Crippen LogP contribution in [0.15, 0.2) is 36.4 Å². The van der Waals surface area contributed by atoms with E-state index in [2.05, 4.69) is 0 Å². The molecule has 8 heteroatoms. The first-order chi connectivity index (χ1) is 9.88. The molecular weight excluding hydrogens is 413 g/mol. The fraction of sp³-hybridized carbons (Fsp3) is 0. The van der Waals surface area contributed by atoms with Gasteiger partial charge in [-0.25, -0.2) is 4.79 Å². The van der Waals surface area contributed by atoms with E-state index in [1.807, 2.05) is 22.6 Å². The molecule has 0 heterocycles. The molecule has 0 bridgehead atoms. The Labute approximate surface area is 137 Å². The fourth-order valence-corrected chi connectivity index (χ4v) is 2.25. The van der Waals surface area contributed by atoms with E-state index in [1.54, 1.807) is 6.07 Å². The van der Waals surface area contributed by atoms with Crippen molar-refractivity contribution in [2.75, 3.05) is 0 Å². The molecule has 2 aromatic rings. The van der Waals surface area contributed by atoms with Crippen LogP contribution in [-0.2, 0) is 0 Å². The Balaban J connectivity index is 2.41. The summed E-state index contributed by atoms with van der Waals surface area (Å²) >= 11 is 7.70. The van der Waals surface area contributed by atoms with Crippen LogP contribution in [0.4, 0.5) is 5.69 Å². The number of nitro groups is 1. The monoisotopic (exact) mass is 419 g/mol. The lowest BCUT2D eigenvalue weighted by Gasteiger charge is -2.08. The van der Waals surface area contributed by atoms with E-state index >= 15 is 0 Å². The number of benzene rings is 2. The predicted octanol–water partition coefficient (Wildman–Crippen LogP) is 4.34. The van der Waals surface area contributed by atoms with Crippen LogP contribution in [0.5, 0.6) is 11.5 Å². The fourth-order valence-electron chi connectivity index (χ4n) is 1.58. The smallest absolute Gasteiger partial charge is 0.337 e. The first-order valence-electron chi connectivity index (χ1n) is 5.53. The van der Waals surface area contributed by atoms with Gasteiger partial charge in [0.05, 0.1) is 15.5 Å². The molecule has 0 aliphatic heterocycles. The Bertz CT molecular complexity index is 734. The van der Waals surface area contributed by atoms with Crippen LogP contribution < -0.4 is 4.74 Å². The number of hydrogen-bond donors (Lipinski definition) is 1. The lowest BCUT2D eigenvalue weighted by atomic mass is 10.2. The summed E-state index contributed by atoms with van der Waals surface area (Å²) in [6.45, 7) is 0. The van der Waals surface area contributed by atoms with Crippen molar-refractivity contribution in [3.63, 3.8) is 0 Å². The second-order valence-corrected chi connectivity index (χ2v) is 5.57. The first-order valence-corrected chi connectivity index (χ1v) is 6.99. The Morgan fingerprint density at radius 2 is 2.00 bits per heavy atom. The van der Waals surface area contributed by atoms with Crippen LogP contribution in [0.25, 0.3) is 0 Å². The number of nitro benzene ring substituents is 1. The van der Waals surface area contributed by atoms with Gasteiger partial charge in [0.1, 0.15) is 5.75 Å². The number of carbonyl (C=O) groups is 1. The highest BCUT2D eigenvalue weighted by atomic mass is 127. The minimum Gasteiger partial charge on any atom is -0.478 e. The maximum atomic E-state index is 11.0. The summed E-state index contributed by atoms with van der Waals surface area (Å²) < 4.78 is 6.09. The van der Waals surface area contributed by atoms with Gasteiger partial charge in [-0.1, -0.05) is 11.6 Å². The predicted molar refractivity (Wildman–Crippen MR) is 84.3 cm³/mol. The molecule has 6 nitrogen and oxygen atoms in total. The topological polar surface area (TPSA) is 89.7 Å². The minimum absolute atomic E-state index is 0.0269. The zero-order valence-electron chi connectivity index (χ0n) is 10.2. The molecule has 0 aliphatic rings. The molecule has 108 valence electrons. The molecule has 0 saturated carbocycles. The van der Waals surface area contributed by atoms with Gasteiger partial charge in [-0.3, -0.25) is 10.1 Å². The molecule has 0 aromatic heterocycles. The van der Waals surface area contributed by atoms with Crippen LogP contribution in [0.1, 0.15) is 10.4 Å². The van der Waals surface area contributed by atoms with Gasteiger partial charge in [-0.15, -0.1) is 0 Å². The van der Waals surface area contributed by atoms with E-state index < -0.39 is 10.9 Å². The molecule has 0 fully saturated rings. The van der Waals surface area contributed by atoms with Crippen molar-refractivity contribution in [1.82, 2.24) is 0 Å². The third-order valence-corrected chi connectivity index (χ3v) is 3.51. The second-order valence-electron chi connectivity index (χ2n) is 3.92. The third kappa shape index (κ3) is 3.61. The van der Waals surface area contributed by atoms with Crippen LogP contribution in [-0.4, -0.2) is 16.0 Å². The minimum atomic E-state index is -1.21. The highest BCUT2D eigenvalue weighted by Gasteiger charge is 2.17. The summed E-state index contributed by atoms with van der Waals surface area (Å²) in [5.74, 6) is -1.03. The molecule has 0 aliphatic carbocycles. The third-order valence-electron chi connectivity index (χ3n) is 2.51. The molecule has 21 heavy (non-hydrogen) atoms. The van der Waals surface area contributed by atoms with E-state index in [1.165, 1.54) is 30.3 Å². The van der Waals surface area contributed by atoms with Crippen LogP contribution >= 0.6 is 34.2 Å². The van der Waals surface area contributed by atoms with Crippen molar-refractivity contribution < 1.29 is 19.6 Å². The summed E-state index contributed by atoms with van der Waals surface area (Å²) in [6, 6.07) is 8.48. The van der Waals surface area contributed by atoms with Crippen LogP contribution in [0.2, 0.25) is 5.02 Å². The SMILES string of the molecule is O=C(O)c1cc(Oc2ccc(I)cc2[N+](=O)[O-])ccc1Cl. The van der Waals surface area contributed by atoms with Gasteiger partial charge in [0.15, 0.2) is 0 Å². The van der Waals surface area contributed by atoms with Crippen molar-refractivity contribution in [1.29, 1.82) is 0 Å². The molecule has 0 unspecified atom stereocenters. The number of hydrogen-bond acceptors (Lipinski definition) is 4. The highest BCUT2D eigenvalue weighted by molar-refractivity contribution is 14.1. The van der Waals surface area contributed by atoms with Crippen LogP contribution in [0, 0.1) is 13.7 Å². The van der Waals surface area contributed by atoms with Gasteiger partial charge >= 0.3 is 11.7 Å². The number of carboxylic acids is 1. The number of rotatable bonds is 4. The van der Waals surface area contributed by atoms with E-state index in [0.29, 0.717) is 3.57 Å². The number of carboxylic acid groups (broad SMARTS) is 1. The van der Waals surface area contributed by atoms with Crippen molar-refractivity contribution in [2.45, 2.75) is 0 Å². The van der Waals surface area contributed by atoms with E-state index in [-0.39, 0.29) is 27.8 Å². The molecular formula is C13H7ClINO5. The average molecular weight is 420 g/mol. The van der Waals surface area contributed by atoms with Crippen molar-refractivity contribution in [2.24, 2.45) is 0 Å². The molecule has 0 spiro atoms. The average Bonchev–Trinajstić information content (AvgIpc) is 2.42. The van der Waals surface area contributed by atoms with Crippen molar-refractivity contribution >= 4 is 45.8 Å². The Hall–Kier alpha value is -1.87. The summed E-state index contributed by atoms with van der Waals surface area (Å²) in [6.07, 6.45) is 0. The zero-order valence-corrected chi connectivity index (χ0v) is 13.2. The highest BCUT2D eigenvalue weighted by Crippen LogP contribution is 2.33. The van der Waals surface area contributed by atoms with Gasteiger partial charge in [0.2, 0.25) is 5.75 Å². The molecule has 0 amide bonds. The second kappa shape index (κ2) is 6.27. The lowest BCUT2D eigenvalue weighted by molar-refractivity contribution is -0.385. The Morgan fingerprint density at radius 3 is 2.62 bits per heavy atom. The maximum Gasteiger partial charge on any atom is 0.337 e. The molecule has 2 rings (SSSR count). The number of aromatic carboxylic acids is 1. The number of ether oxygens (including phenoxy) is 1.